The van der Waals surface area contributed by atoms with E-state index >= 15 is 0 Å². The van der Waals surface area contributed by atoms with Crippen LogP contribution in [0.1, 0.15) is 12.1 Å². The third kappa shape index (κ3) is 2.15. The highest BCUT2D eigenvalue weighted by Crippen LogP contribution is 2.21. The molecule has 6 nitrogen and oxygen atoms in total. The van der Waals surface area contributed by atoms with Crippen LogP contribution in [-0.2, 0) is 10.0 Å². The van der Waals surface area contributed by atoms with Crippen LogP contribution in [0.2, 0.25) is 0 Å². The van der Waals surface area contributed by atoms with Gasteiger partial charge in [-0.1, -0.05) is 0 Å². The summed E-state index contributed by atoms with van der Waals surface area (Å²) >= 11 is 0. The highest BCUT2D eigenvalue weighted by Gasteiger charge is 2.32. The van der Waals surface area contributed by atoms with E-state index in [1.807, 2.05) is 0 Å². The Labute approximate surface area is 99.7 Å². The molecular formula is C10H12N4O2S. The summed E-state index contributed by atoms with van der Waals surface area (Å²) in [6.07, 6.45) is 2.04. The summed E-state index contributed by atoms with van der Waals surface area (Å²) < 4.78 is 25.8. The maximum Gasteiger partial charge on any atom is 0.246 e. The zero-order chi connectivity index (χ0) is 12.5. The average Bonchev–Trinajstić information content (AvgIpc) is 2.76. The number of sulfonamides is 1. The first-order chi connectivity index (χ1) is 8.05. The molecule has 2 rings (SSSR count). The summed E-state index contributed by atoms with van der Waals surface area (Å²) in [5, 5.41) is 8.86. The van der Waals surface area contributed by atoms with Gasteiger partial charge in [0.05, 0.1) is 0 Å². The van der Waals surface area contributed by atoms with Crippen LogP contribution in [0, 0.1) is 11.3 Å². The molecule has 1 saturated heterocycles. The van der Waals surface area contributed by atoms with Gasteiger partial charge in [-0.05, 0) is 18.6 Å². The van der Waals surface area contributed by atoms with Crippen LogP contribution in [0.25, 0.3) is 0 Å². The molecule has 1 aliphatic heterocycles. The molecule has 0 radical (unpaired) electrons. The molecule has 1 aliphatic rings. The third-order valence-electron chi connectivity index (χ3n) is 2.68. The largest absolute Gasteiger partial charge is 0.326 e. The van der Waals surface area contributed by atoms with E-state index in [2.05, 4.69) is 4.98 Å². The van der Waals surface area contributed by atoms with Crippen molar-refractivity contribution in [2.75, 3.05) is 13.1 Å². The second kappa shape index (κ2) is 4.41. The second-order valence-electron chi connectivity index (χ2n) is 3.87. The van der Waals surface area contributed by atoms with Crippen LogP contribution >= 0.6 is 0 Å². The highest BCUT2D eigenvalue weighted by molar-refractivity contribution is 7.89. The van der Waals surface area contributed by atoms with Crippen molar-refractivity contribution < 1.29 is 8.42 Å². The van der Waals surface area contributed by atoms with Crippen LogP contribution in [-0.4, -0.2) is 36.8 Å². The number of nitrogens with zero attached hydrogens (tertiary/aromatic N) is 3. The third-order valence-corrected chi connectivity index (χ3v) is 4.58. The van der Waals surface area contributed by atoms with Gasteiger partial charge in [-0.15, -0.1) is 0 Å². The fourth-order valence-electron chi connectivity index (χ4n) is 1.79. The Bertz CT molecular complexity index is 564. The standard InChI is InChI=1S/C10H12N4O2S/c11-6-9-10(2-1-4-13-9)17(15,16)14-5-3-8(12)7-14/h1-2,4,8H,3,5,7,12H2/t8-/m1/s1. The van der Waals surface area contributed by atoms with Crippen molar-refractivity contribution in [3.63, 3.8) is 0 Å². The molecule has 0 amide bonds. The first-order valence-electron chi connectivity index (χ1n) is 5.16. The number of hydrogen-bond donors (Lipinski definition) is 1. The fraction of sp³-hybridized carbons (Fsp3) is 0.400. The average molecular weight is 252 g/mol. The summed E-state index contributed by atoms with van der Waals surface area (Å²) in [6, 6.07) is 4.55. The molecule has 7 heteroatoms. The molecule has 0 spiro atoms. The van der Waals surface area contributed by atoms with E-state index < -0.39 is 10.0 Å². The van der Waals surface area contributed by atoms with E-state index in [0.717, 1.165) is 0 Å². The van der Waals surface area contributed by atoms with Crippen molar-refractivity contribution >= 4 is 10.0 Å². The summed E-state index contributed by atoms with van der Waals surface area (Å²) in [5.74, 6) is 0. The predicted molar refractivity (Wildman–Crippen MR) is 60.3 cm³/mol. The number of pyridine rings is 1. The maximum atomic E-state index is 12.2. The van der Waals surface area contributed by atoms with Crippen LogP contribution in [0.15, 0.2) is 23.2 Å². The van der Waals surface area contributed by atoms with Gasteiger partial charge in [-0.25, -0.2) is 13.4 Å². The van der Waals surface area contributed by atoms with E-state index in [-0.39, 0.29) is 16.6 Å². The van der Waals surface area contributed by atoms with Crippen LogP contribution in [0.4, 0.5) is 0 Å². The van der Waals surface area contributed by atoms with Crippen molar-refractivity contribution in [2.45, 2.75) is 17.4 Å². The maximum absolute atomic E-state index is 12.2. The molecule has 0 unspecified atom stereocenters. The predicted octanol–water partition coefficient (Wildman–Crippen LogP) is -0.325. The number of hydrogen-bond acceptors (Lipinski definition) is 5. The normalized spacial score (nSPS) is 21.3. The molecule has 1 fully saturated rings. The van der Waals surface area contributed by atoms with Gasteiger partial charge in [0.15, 0.2) is 5.69 Å². The fourth-order valence-corrected chi connectivity index (χ4v) is 3.40. The molecular weight excluding hydrogens is 240 g/mol. The minimum Gasteiger partial charge on any atom is -0.326 e. The first kappa shape index (κ1) is 12.0. The van der Waals surface area contributed by atoms with E-state index in [9.17, 15) is 8.42 Å². The van der Waals surface area contributed by atoms with Gasteiger partial charge < -0.3 is 5.73 Å². The lowest BCUT2D eigenvalue weighted by molar-refractivity contribution is 0.472. The van der Waals surface area contributed by atoms with Gasteiger partial charge in [0.2, 0.25) is 10.0 Å². The van der Waals surface area contributed by atoms with Gasteiger partial charge in [0.1, 0.15) is 11.0 Å². The van der Waals surface area contributed by atoms with E-state index in [4.69, 9.17) is 11.0 Å². The number of aromatic nitrogens is 1. The van der Waals surface area contributed by atoms with Crippen molar-refractivity contribution in [1.29, 1.82) is 5.26 Å². The second-order valence-corrected chi connectivity index (χ2v) is 5.78. The highest BCUT2D eigenvalue weighted by atomic mass is 32.2. The molecule has 2 N–H and O–H groups in total. The summed E-state index contributed by atoms with van der Waals surface area (Å²) in [6.45, 7) is 0.686. The molecule has 1 aromatic rings. The Hall–Kier alpha value is -1.49. The van der Waals surface area contributed by atoms with Gasteiger partial charge in [0.25, 0.3) is 0 Å². The Morgan fingerprint density at radius 1 is 1.59 bits per heavy atom. The monoisotopic (exact) mass is 252 g/mol. The molecule has 0 bridgehead atoms. The summed E-state index contributed by atoms with van der Waals surface area (Å²) in [4.78, 5) is 3.71. The molecule has 0 aliphatic carbocycles. The molecule has 1 atom stereocenters. The summed E-state index contributed by atoms with van der Waals surface area (Å²) in [5.41, 5.74) is 5.61. The van der Waals surface area contributed by atoms with Gasteiger partial charge >= 0.3 is 0 Å². The molecule has 0 saturated carbocycles. The number of nitriles is 1. The zero-order valence-electron chi connectivity index (χ0n) is 9.07. The lowest BCUT2D eigenvalue weighted by Crippen LogP contribution is -2.32. The molecule has 2 heterocycles. The van der Waals surface area contributed by atoms with Crippen molar-refractivity contribution in [3.8, 4) is 6.07 Å². The lowest BCUT2D eigenvalue weighted by Gasteiger charge is -2.16. The van der Waals surface area contributed by atoms with Crippen LogP contribution in [0.5, 0.6) is 0 Å². The smallest absolute Gasteiger partial charge is 0.246 e. The van der Waals surface area contributed by atoms with E-state index in [1.165, 1.54) is 22.6 Å². The number of rotatable bonds is 2. The van der Waals surface area contributed by atoms with Crippen molar-refractivity contribution in [3.05, 3.63) is 24.0 Å². The Morgan fingerprint density at radius 3 is 2.94 bits per heavy atom. The van der Waals surface area contributed by atoms with E-state index in [0.29, 0.717) is 19.5 Å². The Morgan fingerprint density at radius 2 is 2.35 bits per heavy atom. The molecule has 0 aromatic carbocycles. The van der Waals surface area contributed by atoms with Gasteiger partial charge in [-0.2, -0.15) is 9.57 Å². The van der Waals surface area contributed by atoms with Crippen molar-refractivity contribution in [2.24, 2.45) is 5.73 Å². The summed E-state index contributed by atoms with van der Waals surface area (Å²) in [7, 11) is -3.65. The van der Waals surface area contributed by atoms with Gasteiger partial charge in [0, 0.05) is 25.3 Å². The topological polar surface area (TPSA) is 100 Å². The quantitative estimate of drug-likeness (QED) is 0.777. The molecule has 90 valence electrons. The minimum absolute atomic E-state index is 0.0448. The minimum atomic E-state index is -3.65. The zero-order valence-corrected chi connectivity index (χ0v) is 9.89. The van der Waals surface area contributed by atoms with Crippen LogP contribution in [0.3, 0.4) is 0 Å². The molecule has 1 aromatic heterocycles. The first-order valence-corrected chi connectivity index (χ1v) is 6.60. The van der Waals surface area contributed by atoms with E-state index in [1.54, 1.807) is 6.07 Å². The Kier molecular flexibility index (Phi) is 3.11. The molecule has 17 heavy (non-hydrogen) atoms. The lowest BCUT2D eigenvalue weighted by atomic mass is 10.3. The SMILES string of the molecule is N#Cc1ncccc1S(=O)(=O)N1CC[C@@H](N)C1. The Balaban J connectivity index is 2.42. The van der Waals surface area contributed by atoms with Crippen molar-refractivity contribution in [1.82, 2.24) is 9.29 Å². The van der Waals surface area contributed by atoms with Gasteiger partial charge in [-0.3, -0.25) is 0 Å². The number of nitrogens with two attached hydrogens (primary N) is 1. The van der Waals surface area contributed by atoms with Crippen LogP contribution < -0.4 is 5.73 Å².